The fraction of sp³-hybridized carbons (Fsp3) is 0.500. The molecule has 3 rings (SSSR count). The van der Waals surface area contributed by atoms with E-state index in [-0.39, 0.29) is 6.09 Å². The maximum atomic E-state index is 12.2. The predicted octanol–water partition coefficient (Wildman–Crippen LogP) is 3.55. The molecule has 0 aromatic heterocycles. The van der Waals surface area contributed by atoms with Gasteiger partial charge in [0.25, 0.3) is 0 Å². The lowest BCUT2D eigenvalue weighted by atomic mass is 9.99. The third kappa shape index (κ3) is 3.87. The van der Waals surface area contributed by atoms with Gasteiger partial charge >= 0.3 is 6.09 Å². The monoisotopic (exact) mass is 348 g/mol. The van der Waals surface area contributed by atoms with Gasteiger partial charge in [-0.2, -0.15) is 0 Å². The molecule has 2 N–H and O–H groups in total. The summed E-state index contributed by atoms with van der Waals surface area (Å²) in [5, 5.41) is 12.9. The van der Waals surface area contributed by atoms with E-state index in [1.807, 2.05) is 32.9 Å². The van der Waals surface area contributed by atoms with Crippen molar-refractivity contribution in [1.29, 1.82) is 0 Å². The molecule has 2 aliphatic rings. The van der Waals surface area contributed by atoms with Crippen LogP contribution in [0.5, 0.6) is 0 Å². The van der Waals surface area contributed by atoms with Crippen molar-refractivity contribution >= 4 is 29.1 Å². The second-order valence-corrected chi connectivity index (χ2v) is 8.09. The van der Waals surface area contributed by atoms with Crippen molar-refractivity contribution in [2.75, 3.05) is 24.2 Å². The van der Waals surface area contributed by atoms with E-state index in [9.17, 15) is 9.90 Å². The highest BCUT2D eigenvalue weighted by Crippen LogP contribution is 2.39. The molecule has 1 unspecified atom stereocenters. The highest BCUT2D eigenvalue weighted by Gasteiger charge is 2.26. The Morgan fingerprint density at radius 2 is 2.21 bits per heavy atom. The lowest BCUT2D eigenvalue weighted by Gasteiger charge is -2.31. The Hall–Kier alpha value is -1.66. The van der Waals surface area contributed by atoms with Crippen LogP contribution in [0, 0.1) is 0 Å². The first-order chi connectivity index (χ1) is 11.3. The number of aliphatic hydroxyl groups is 1. The van der Waals surface area contributed by atoms with Gasteiger partial charge in [0.15, 0.2) is 0 Å². The van der Waals surface area contributed by atoms with E-state index >= 15 is 0 Å². The number of aliphatic hydroxyl groups excluding tert-OH is 1. The van der Waals surface area contributed by atoms with Crippen LogP contribution in [0.1, 0.15) is 32.8 Å². The number of nitrogens with one attached hydrogen (secondary N) is 1. The molecule has 0 saturated heterocycles. The van der Waals surface area contributed by atoms with Crippen molar-refractivity contribution in [1.82, 2.24) is 4.90 Å². The van der Waals surface area contributed by atoms with Gasteiger partial charge in [0.2, 0.25) is 0 Å². The molecule has 0 fully saturated rings. The van der Waals surface area contributed by atoms with E-state index in [2.05, 4.69) is 17.5 Å². The van der Waals surface area contributed by atoms with Gasteiger partial charge in [-0.15, -0.1) is 11.8 Å². The Kier molecular flexibility index (Phi) is 4.78. The largest absolute Gasteiger partial charge is 0.444 e. The van der Waals surface area contributed by atoms with Crippen LogP contribution < -0.4 is 5.32 Å². The second kappa shape index (κ2) is 6.69. The summed E-state index contributed by atoms with van der Waals surface area (Å²) in [6, 6.07) is 6.10. The molecule has 0 bridgehead atoms. The Bertz CT molecular complexity index is 667. The lowest BCUT2D eigenvalue weighted by molar-refractivity contribution is 0.0270. The summed E-state index contributed by atoms with van der Waals surface area (Å²) in [5.41, 5.74) is 2.95. The van der Waals surface area contributed by atoms with Gasteiger partial charge < -0.3 is 20.1 Å². The summed E-state index contributed by atoms with van der Waals surface area (Å²) >= 11 is 1.67. The van der Waals surface area contributed by atoms with E-state index < -0.39 is 11.8 Å². The predicted molar refractivity (Wildman–Crippen MR) is 97.2 cm³/mol. The van der Waals surface area contributed by atoms with Crippen molar-refractivity contribution in [3.8, 4) is 0 Å². The first-order valence-electron chi connectivity index (χ1n) is 8.21. The standard InChI is InChI=1S/C18H24N2O3S/c1-18(2,3)23-17(22)20-9-7-12(8-10-20)13-5-4-6-14-16(13)24-11-15(21)19-14/h4-7,15,19,21H,8-11H2,1-3H3. The number of fused-ring (bicyclic) bond motifs is 1. The summed E-state index contributed by atoms with van der Waals surface area (Å²) < 4.78 is 5.44. The average Bonchev–Trinajstić information content (AvgIpc) is 2.52. The van der Waals surface area contributed by atoms with Crippen molar-refractivity contribution in [2.45, 2.75) is 43.9 Å². The van der Waals surface area contributed by atoms with Crippen LogP contribution in [0.2, 0.25) is 0 Å². The van der Waals surface area contributed by atoms with Crippen LogP contribution in [-0.2, 0) is 4.74 Å². The van der Waals surface area contributed by atoms with Crippen molar-refractivity contribution in [2.24, 2.45) is 0 Å². The number of carbonyl (C=O) groups excluding carboxylic acids is 1. The fourth-order valence-electron chi connectivity index (χ4n) is 2.85. The van der Waals surface area contributed by atoms with E-state index in [1.54, 1.807) is 16.7 Å². The molecule has 0 aliphatic carbocycles. The summed E-state index contributed by atoms with van der Waals surface area (Å²) in [6.45, 7) is 6.86. The SMILES string of the molecule is CC(C)(C)OC(=O)N1CC=C(c2cccc3c2SCC(O)N3)CC1. The molecule has 24 heavy (non-hydrogen) atoms. The zero-order valence-corrected chi connectivity index (χ0v) is 15.2. The number of nitrogens with zero attached hydrogens (tertiary/aromatic N) is 1. The summed E-state index contributed by atoms with van der Waals surface area (Å²) in [6.07, 6.45) is 2.15. The average molecular weight is 348 g/mol. The summed E-state index contributed by atoms with van der Waals surface area (Å²) in [4.78, 5) is 15.1. The van der Waals surface area contributed by atoms with Gasteiger partial charge in [-0.3, -0.25) is 0 Å². The maximum Gasteiger partial charge on any atom is 0.410 e. The minimum Gasteiger partial charge on any atom is -0.444 e. The molecule has 2 heterocycles. The van der Waals surface area contributed by atoms with Gasteiger partial charge in [0, 0.05) is 23.7 Å². The van der Waals surface area contributed by atoms with Crippen LogP contribution in [0.15, 0.2) is 29.2 Å². The Balaban J connectivity index is 1.74. The molecule has 0 saturated carbocycles. The van der Waals surface area contributed by atoms with Crippen molar-refractivity contribution in [3.63, 3.8) is 0 Å². The molecule has 2 aliphatic heterocycles. The highest BCUT2D eigenvalue weighted by atomic mass is 32.2. The molecular weight excluding hydrogens is 324 g/mol. The Morgan fingerprint density at radius 3 is 2.88 bits per heavy atom. The highest BCUT2D eigenvalue weighted by molar-refractivity contribution is 7.99. The number of carbonyl (C=O) groups is 1. The number of hydrogen-bond acceptors (Lipinski definition) is 5. The first-order valence-corrected chi connectivity index (χ1v) is 9.20. The third-order valence-corrected chi connectivity index (χ3v) is 5.14. The normalized spacial score (nSPS) is 20.8. The number of amides is 1. The number of anilines is 1. The molecule has 0 spiro atoms. The Morgan fingerprint density at radius 1 is 1.42 bits per heavy atom. The van der Waals surface area contributed by atoms with E-state index in [0.29, 0.717) is 18.8 Å². The van der Waals surface area contributed by atoms with E-state index in [1.165, 1.54) is 16.0 Å². The summed E-state index contributed by atoms with van der Waals surface area (Å²) in [5.74, 6) is 0.640. The minimum absolute atomic E-state index is 0.257. The molecule has 1 aromatic carbocycles. The zero-order valence-electron chi connectivity index (χ0n) is 14.3. The number of thioether (sulfide) groups is 1. The molecule has 1 amide bonds. The van der Waals surface area contributed by atoms with E-state index in [0.717, 1.165) is 12.1 Å². The van der Waals surface area contributed by atoms with Crippen LogP contribution in [0.3, 0.4) is 0 Å². The number of hydrogen-bond donors (Lipinski definition) is 2. The topological polar surface area (TPSA) is 61.8 Å². The van der Waals surface area contributed by atoms with Crippen LogP contribution in [0.4, 0.5) is 10.5 Å². The second-order valence-electron chi connectivity index (χ2n) is 7.06. The van der Waals surface area contributed by atoms with Gasteiger partial charge in [-0.25, -0.2) is 4.79 Å². The molecule has 6 heteroatoms. The summed E-state index contributed by atoms with van der Waals surface area (Å²) in [7, 11) is 0. The smallest absolute Gasteiger partial charge is 0.410 e. The number of ether oxygens (including phenoxy) is 1. The van der Waals surface area contributed by atoms with Crippen LogP contribution in [0.25, 0.3) is 5.57 Å². The van der Waals surface area contributed by atoms with Crippen LogP contribution in [-0.4, -0.2) is 46.8 Å². The maximum absolute atomic E-state index is 12.2. The molecule has 5 nitrogen and oxygen atoms in total. The lowest BCUT2D eigenvalue weighted by Crippen LogP contribution is -2.39. The first kappa shape index (κ1) is 17.2. The molecule has 0 radical (unpaired) electrons. The fourth-order valence-corrected chi connectivity index (χ4v) is 3.89. The number of benzene rings is 1. The van der Waals surface area contributed by atoms with Crippen molar-refractivity contribution in [3.05, 3.63) is 29.8 Å². The molecule has 1 atom stereocenters. The van der Waals surface area contributed by atoms with Crippen LogP contribution >= 0.6 is 11.8 Å². The minimum atomic E-state index is -0.499. The molecular formula is C18H24N2O3S. The third-order valence-electron chi connectivity index (χ3n) is 3.93. The van der Waals surface area contributed by atoms with Gasteiger partial charge in [-0.1, -0.05) is 18.2 Å². The zero-order chi connectivity index (χ0) is 17.3. The quantitative estimate of drug-likeness (QED) is 0.813. The van der Waals surface area contributed by atoms with Gasteiger partial charge in [0.05, 0.1) is 5.69 Å². The number of rotatable bonds is 1. The van der Waals surface area contributed by atoms with Gasteiger partial charge in [0.1, 0.15) is 11.8 Å². The molecule has 1 aromatic rings. The van der Waals surface area contributed by atoms with E-state index in [4.69, 9.17) is 4.74 Å². The Labute approximate surface area is 147 Å². The van der Waals surface area contributed by atoms with Crippen molar-refractivity contribution < 1.29 is 14.6 Å². The molecule has 130 valence electrons. The van der Waals surface area contributed by atoms with Gasteiger partial charge in [-0.05, 0) is 44.4 Å².